The molecule has 0 unspecified atom stereocenters. The summed E-state index contributed by atoms with van der Waals surface area (Å²) >= 11 is 0. The first-order valence-electron chi connectivity index (χ1n) is 7.41. The van der Waals surface area contributed by atoms with Gasteiger partial charge in [0.05, 0.1) is 10.5 Å². The van der Waals surface area contributed by atoms with E-state index in [2.05, 4.69) is 5.32 Å². The molecule has 2 aromatic rings. The van der Waals surface area contributed by atoms with Gasteiger partial charge in [0, 0.05) is 11.8 Å². The maximum atomic E-state index is 13.5. The van der Waals surface area contributed by atoms with E-state index < -0.39 is 40.2 Å². The first-order chi connectivity index (χ1) is 12.2. The van der Waals surface area contributed by atoms with Crippen LogP contribution in [0, 0.1) is 28.7 Å². The first kappa shape index (κ1) is 19.0. The Morgan fingerprint density at radius 3 is 2.46 bits per heavy atom. The van der Waals surface area contributed by atoms with Gasteiger partial charge in [0.2, 0.25) is 5.82 Å². The molecule has 0 saturated heterocycles. The highest BCUT2D eigenvalue weighted by Crippen LogP contribution is 2.22. The Morgan fingerprint density at radius 2 is 1.85 bits per heavy atom. The number of rotatable bonds is 5. The molecule has 1 amide bonds. The Kier molecular flexibility index (Phi) is 5.61. The van der Waals surface area contributed by atoms with Gasteiger partial charge in [-0.15, -0.1) is 0 Å². The summed E-state index contributed by atoms with van der Waals surface area (Å²) in [6.45, 7) is 2.80. The number of halogens is 2. The largest absolute Gasteiger partial charge is 0.449 e. The standard InChI is InChI=1S/C17H14F2N2O5/c1-9-3-4-11(7-14(9)19)17(23)26-10(2)16(22)20-12-5-6-13(18)15(8-12)21(24)25/h3-8,10H,1-2H3,(H,20,22)/t10-/m1/s1. The predicted octanol–water partition coefficient (Wildman–Crippen LogP) is 3.37. The normalized spacial score (nSPS) is 11.5. The van der Waals surface area contributed by atoms with Gasteiger partial charge in [0.1, 0.15) is 5.82 Å². The van der Waals surface area contributed by atoms with Gasteiger partial charge in [-0.25, -0.2) is 9.18 Å². The molecule has 0 bridgehead atoms. The summed E-state index contributed by atoms with van der Waals surface area (Å²) in [5.41, 5.74) is -0.551. The SMILES string of the molecule is Cc1ccc(C(=O)O[C@H](C)C(=O)Nc2ccc(F)c([N+](=O)[O-])c2)cc1F. The van der Waals surface area contributed by atoms with Gasteiger partial charge in [0.15, 0.2) is 6.10 Å². The second kappa shape index (κ2) is 7.68. The number of nitro benzene ring substituents is 1. The Labute approximate surface area is 146 Å². The van der Waals surface area contributed by atoms with Crippen LogP contribution in [0.15, 0.2) is 36.4 Å². The average Bonchev–Trinajstić information content (AvgIpc) is 2.58. The van der Waals surface area contributed by atoms with Crippen LogP contribution in [0.1, 0.15) is 22.8 Å². The van der Waals surface area contributed by atoms with Crippen LogP contribution in [0.25, 0.3) is 0 Å². The van der Waals surface area contributed by atoms with Crippen LogP contribution in [0.2, 0.25) is 0 Å². The number of carbonyl (C=O) groups is 2. The number of amides is 1. The molecule has 1 N–H and O–H groups in total. The van der Waals surface area contributed by atoms with E-state index in [9.17, 15) is 28.5 Å². The van der Waals surface area contributed by atoms with Crippen molar-refractivity contribution in [3.8, 4) is 0 Å². The van der Waals surface area contributed by atoms with Crippen molar-refractivity contribution in [3.05, 3.63) is 69.3 Å². The van der Waals surface area contributed by atoms with Gasteiger partial charge < -0.3 is 10.1 Å². The quantitative estimate of drug-likeness (QED) is 0.498. The first-order valence-corrected chi connectivity index (χ1v) is 7.41. The lowest BCUT2D eigenvalue weighted by molar-refractivity contribution is -0.387. The highest BCUT2D eigenvalue weighted by atomic mass is 19.1. The topological polar surface area (TPSA) is 98.5 Å². The van der Waals surface area contributed by atoms with Crippen LogP contribution in [-0.2, 0) is 9.53 Å². The minimum Gasteiger partial charge on any atom is -0.449 e. The molecule has 1 atom stereocenters. The van der Waals surface area contributed by atoms with E-state index in [-0.39, 0.29) is 11.3 Å². The monoisotopic (exact) mass is 364 g/mol. The van der Waals surface area contributed by atoms with Crippen LogP contribution in [0.3, 0.4) is 0 Å². The number of anilines is 1. The maximum absolute atomic E-state index is 13.5. The molecule has 2 rings (SSSR count). The summed E-state index contributed by atoms with van der Waals surface area (Å²) in [5.74, 6) is -3.33. The molecule has 2 aromatic carbocycles. The van der Waals surface area contributed by atoms with Gasteiger partial charge >= 0.3 is 11.7 Å². The lowest BCUT2D eigenvalue weighted by atomic mass is 10.1. The molecule has 7 nitrogen and oxygen atoms in total. The number of nitro groups is 1. The van der Waals surface area contributed by atoms with E-state index in [1.807, 2.05) is 0 Å². The van der Waals surface area contributed by atoms with Gasteiger partial charge in [0.25, 0.3) is 5.91 Å². The fourth-order valence-electron chi connectivity index (χ4n) is 1.98. The highest BCUT2D eigenvalue weighted by Gasteiger charge is 2.21. The summed E-state index contributed by atoms with van der Waals surface area (Å²) in [5, 5.41) is 13.0. The zero-order chi connectivity index (χ0) is 19.4. The molecule has 0 aromatic heterocycles. The second-order valence-electron chi connectivity index (χ2n) is 5.42. The Balaban J connectivity index is 2.05. The zero-order valence-electron chi connectivity index (χ0n) is 13.8. The van der Waals surface area contributed by atoms with Crippen molar-refractivity contribution in [1.29, 1.82) is 0 Å². The van der Waals surface area contributed by atoms with E-state index >= 15 is 0 Å². The summed E-state index contributed by atoms with van der Waals surface area (Å²) in [6.07, 6.45) is -1.27. The summed E-state index contributed by atoms with van der Waals surface area (Å²) in [6, 6.07) is 6.55. The van der Waals surface area contributed by atoms with E-state index in [0.717, 1.165) is 24.3 Å². The summed E-state index contributed by atoms with van der Waals surface area (Å²) < 4.78 is 31.7. The predicted molar refractivity (Wildman–Crippen MR) is 87.7 cm³/mol. The third-order valence-electron chi connectivity index (χ3n) is 3.47. The van der Waals surface area contributed by atoms with Crippen molar-refractivity contribution in [2.75, 3.05) is 5.32 Å². The van der Waals surface area contributed by atoms with Crippen LogP contribution in [-0.4, -0.2) is 22.9 Å². The number of benzene rings is 2. The molecule has 0 aliphatic carbocycles. The van der Waals surface area contributed by atoms with Crippen LogP contribution < -0.4 is 5.32 Å². The number of hydrogen-bond acceptors (Lipinski definition) is 5. The number of hydrogen-bond donors (Lipinski definition) is 1. The molecule has 0 aliphatic rings. The molecular weight excluding hydrogens is 350 g/mol. The number of ether oxygens (including phenoxy) is 1. The summed E-state index contributed by atoms with van der Waals surface area (Å²) in [4.78, 5) is 33.8. The van der Waals surface area contributed by atoms with Crippen LogP contribution >= 0.6 is 0 Å². The van der Waals surface area contributed by atoms with Crippen molar-refractivity contribution in [1.82, 2.24) is 0 Å². The number of aryl methyl sites for hydroxylation is 1. The zero-order valence-corrected chi connectivity index (χ0v) is 13.8. The molecule has 0 saturated carbocycles. The Hall–Kier alpha value is -3.36. The minimum absolute atomic E-state index is 0.0348. The third-order valence-corrected chi connectivity index (χ3v) is 3.47. The summed E-state index contributed by atoms with van der Waals surface area (Å²) in [7, 11) is 0. The van der Waals surface area contributed by atoms with Gasteiger partial charge in [-0.1, -0.05) is 6.07 Å². The van der Waals surface area contributed by atoms with Crippen molar-refractivity contribution < 1.29 is 28.0 Å². The van der Waals surface area contributed by atoms with Gasteiger partial charge in [-0.3, -0.25) is 14.9 Å². The highest BCUT2D eigenvalue weighted by molar-refractivity contribution is 5.97. The molecule has 26 heavy (non-hydrogen) atoms. The van der Waals surface area contributed by atoms with Crippen LogP contribution in [0.5, 0.6) is 0 Å². The third kappa shape index (κ3) is 4.38. The van der Waals surface area contributed by atoms with Gasteiger partial charge in [-0.05, 0) is 43.7 Å². The molecule has 0 aliphatic heterocycles. The molecule has 0 heterocycles. The molecule has 0 fully saturated rings. The van der Waals surface area contributed by atoms with E-state index in [0.29, 0.717) is 5.56 Å². The lowest BCUT2D eigenvalue weighted by Crippen LogP contribution is -2.30. The minimum atomic E-state index is -1.27. The van der Waals surface area contributed by atoms with E-state index in [1.54, 1.807) is 0 Å². The number of carbonyl (C=O) groups excluding carboxylic acids is 2. The van der Waals surface area contributed by atoms with E-state index in [4.69, 9.17) is 4.74 Å². The fraction of sp³-hybridized carbons (Fsp3) is 0.176. The molecule has 136 valence electrons. The van der Waals surface area contributed by atoms with Gasteiger partial charge in [-0.2, -0.15) is 4.39 Å². The molecule has 0 spiro atoms. The number of nitrogens with zero attached hydrogens (tertiary/aromatic N) is 1. The average molecular weight is 364 g/mol. The lowest BCUT2D eigenvalue weighted by Gasteiger charge is -2.14. The van der Waals surface area contributed by atoms with Crippen molar-refractivity contribution in [2.24, 2.45) is 0 Å². The molecule has 0 radical (unpaired) electrons. The maximum Gasteiger partial charge on any atom is 0.339 e. The Morgan fingerprint density at radius 1 is 1.15 bits per heavy atom. The molecule has 9 heteroatoms. The van der Waals surface area contributed by atoms with E-state index in [1.165, 1.54) is 26.0 Å². The Bertz CT molecular complexity index is 885. The van der Waals surface area contributed by atoms with Crippen LogP contribution in [0.4, 0.5) is 20.2 Å². The number of nitrogens with one attached hydrogen (secondary N) is 1. The van der Waals surface area contributed by atoms with Crippen molar-refractivity contribution in [2.45, 2.75) is 20.0 Å². The van der Waals surface area contributed by atoms with Crippen molar-refractivity contribution >= 4 is 23.3 Å². The molecular formula is C17H14F2N2O5. The fourth-order valence-corrected chi connectivity index (χ4v) is 1.98. The smallest absolute Gasteiger partial charge is 0.339 e. The second-order valence-corrected chi connectivity index (χ2v) is 5.42. The van der Waals surface area contributed by atoms with Crippen molar-refractivity contribution in [3.63, 3.8) is 0 Å². The number of esters is 1.